The van der Waals surface area contributed by atoms with Crippen molar-refractivity contribution in [3.8, 4) is 5.75 Å². The third-order valence-electron chi connectivity index (χ3n) is 4.58. The number of aromatic nitrogens is 1. The third kappa shape index (κ3) is 3.67. The number of pyridine rings is 1. The first kappa shape index (κ1) is 17.3. The van der Waals surface area contributed by atoms with Gasteiger partial charge in [0.2, 0.25) is 10.0 Å². The second kappa shape index (κ2) is 7.22. The van der Waals surface area contributed by atoms with Crippen LogP contribution in [0.4, 0.5) is 5.82 Å². The maximum absolute atomic E-state index is 12.6. The van der Waals surface area contributed by atoms with Gasteiger partial charge >= 0.3 is 0 Å². The van der Waals surface area contributed by atoms with Crippen molar-refractivity contribution < 1.29 is 17.9 Å². The Morgan fingerprint density at radius 3 is 2.81 bits per heavy atom. The summed E-state index contributed by atoms with van der Waals surface area (Å²) >= 11 is 0. The summed E-state index contributed by atoms with van der Waals surface area (Å²) in [6.45, 7) is 3.77. The van der Waals surface area contributed by atoms with Crippen LogP contribution in [-0.4, -0.2) is 46.3 Å². The van der Waals surface area contributed by atoms with Gasteiger partial charge in [-0.15, -0.1) is 0 Å². The van der Waals surface area contributed by atoms with Crippen LogP contribution in [0.25, 0.3) is 0 Å². The van der Waals surface area contributed by atoms with Crippen molar-refractivity contribution in [1.29, 1.82) is 0 Å². The third-order valence-corrected chi connectivity index (χ3v) is 5.98. The molecule has 3 heterocycles. The monoisotopic (exact) mass is 375 g/mol. The van der Waals surface area contributed by atoms with Crippen LogP contribution >= 0.6 is 0 Å². The normalized spacial score (nSPS) is 17.0. The number of ether oxygens (including phenoxy) is 2. The number of rotatable bonds is 5. The van der Waals surface area contributed by atoms with Crippen LogP contribution in [0, 0.1) is 0 Å². The van der Waals surface area contributed by atoms with Gasteiger partial charge in [0, 0.05) is 32.3 Å². The van der Waals surface area contributed by atoms with E-state index in [1.165, 1.54) is 0 Å². The van der Waals surface area contributed by atoms with Gasteiger partial charge in [-0.2, -0.15) is 0 Å². The predicted octanol–water partition coefficient (Wildman–Crippen LogP) is 1.33. The molecule has 2 aliphatic heterocycles. The Kier molecular flexibility index (Phi) is 4.80. The Morgan fingerprint density at radius 2 is 1.96 bits per heavy atom. The Balaban J connectivity index is 1.46. The molecule has 0 spiro atoms. The quantitative estimate of drug-likeness (QED) is 0.849. The van der Waals surface area contributed by atoms with E-state index in [1.807, 2.05) is 12.1 Å². The van der Waals surface area contributed by atoms with Gasteiger partial charge in [-0.05, 0) is 41.5 Å². The van der Waals surface area contributed by atoms with E-state index < -0.39 is 10.0 Å². The fraction of sp³-hybridized carbons (Fsp3) is 0.389. The molecule has 1 N–H and O–H groups in total. The zero-order chi connectivity index (χ0) is 18.0. The molecule has 0 unspecified atom stereocenters. The molecule has 0 amide bonds. The minimum Gasteiger partial charge on any atom is -0.493 e. The molecule has 138 valence electrons. The Bertz CT molecular complexity index is 895. The Morgan fingerprint density at radius 1 is 1.12 bits per heavy atom. The Hall–Kier alpha value is -2.16. The molecule has 1 aromatic heterocycles. The van der Waals surface area contributed by atoms with Gasteiger partial charge in [-0.25, -0.2) is 18.1 Å². The maximum Gasteiger partial charge on any atom is 0.240 e. The lowest BCUT2D eigenvalue weighted by atomic mass is 10.2. The number of fused-ring (bicyclic) bond motifs is 1. The molecule has 1 fully saturated rings. The van der Waals surface area contributed by atoms with Gasteiger partial charge in [0.05, 0.1) is 24.7 Å². The second-order valence-corrected chi connectivity index (χ2v) is 8.08. The van der Waals surface area contributed by atoms with Crippen molar-refractivity contribution in [2.24, 2.45) is 0 Å². The summed E-state index contributed by atoms with van der Waals surface area (Å²) in [5, 5.41) is 0. The highest BCUT2D eigenvalue weighted by Gasteiger charge is 2.19. The topological polar surface area (TPSA) is 80.8 Å². The number of hydrogen-bond acceptors (Lipinski definition) is 6. The fourth-order valence-electron chi connectivity index (χ4n) is 3.13. The average Bonchev–Trinajstić information content (AvgIpc) is 3.15. The molecule has 2 aliphatic rings. The molecule has 1 saturated heterocycles. The lowest BCUT2D eigenvalue weighted by Crippen LogP contribution is -2.36. The summed E-state index contributed by atoms with van der Waals surface area (Å²) in [4.78, 5) is 6.79. The van der Waals surface area contributed by atoms with Crippen molar-refractivity contribution in [3.05, 3.63) is 47.7 Å². The molecular formula is C18H21N3O4S. The number of anilines is 1. The first-order chi connectivity index (χ1) is 12.6. The molecular weight excluding hydrogens is 354 g/mol. The van der Waals surface area contributed by atoms with Gasteiger partial charge in [-0.1, -0.05) is 0 Å². The number of nitrogens with one attached hydrogen (secondary N) is 1. The van der Waals surface area contributed by atoms with Gasteiger partial charge in [0.1, 0.15) is 11.6 Å². The molecule has 0 bridgehead atoms. The molecule has 0 saturated carbocycles. The van der Waals surface area contributed by atoms with E-state index in [2.05, 4.69) is 14.6 Å². The maximum atomic E-state index is 12.6. The largest absolute Gasteiger partial charge is 0.493 e. The molecule has 0 atom stereocenters. The minimum atomic E-state index is -3.58. The summed E-state index contributed by atoms with van der Waals surface area (Å²) in [5.74, 6) is 1.62. The standard InChI is InChI=1S/C18H21N3O4S/c22-26(23,16-1-2-17-15(12-16)4-8-25-17)20-13-14-3-5-19-18(11-14)21-6-9-24-10-7-21/h1-3,5,11-12,20H,4,6-10,13H2. The van der Waals surface area contributed by atoms with Crippen molar-refractivity contribution in [3.63, 3.8) is 0 Å². The van der Waals surface area contributed by atoms with E-state index in [1.54, 1.807) is 24.4 Å². The highest BCUT2D eigenvalue weighted by atomic mass is 32.2. The molecule has 2 aromatic rings. The van der Waals surface area contributed by atoms with Crippen LogP contribution < -0.4 is 14.4 Å². The molecule has 8 heteroatoms. The second-order valence-electron chi connectivity index (χ2n) is 6.31. The van der Waals surface area contributed by atoms with Crippen molar-refractivity contribution in [2.45, 2.75) is 17.9 Å². The average molecular weight is 375 g/mol. The number of benzene rings is 1. The van der Waals surface area contributed by atoms with Gasteiger partial charge < -0.3 is 14.4 Å². The Labute approximate surface area is 153 Å². The summed E-state index contributed by atoms with van der Waals surface area (Å²) in [5.41, 5.74) is 1.81. The van der Waals surface area contributed by atoms with E-state index in [0.29, 0.717) is 19.8 Å². The van der Waals surface area contributed by atoms with Crippen LogP contribution in [-0.2, 0) is 27.7 Å². The highest BCUT2D eigenvalue weighted by molar-refractivity contribution is 7.89. The van der Waals surface area contributed by atoms with E-state index in [0.717, 1.165) is 42.2 Å². The number of sulfonamides is 1. The molecule has 0 radical (unpaired) electrons. The smallest absolute Gasteiger partial charge is 0.240 e. The van der Waals surface area contributed by atoms with Crippen molar-refractivity contribution in [1.82, 2.24) is 9.71 Å². The van der Waals surface area contributed by atoms with E-state index in [-0.39, 0.29) is 11.4 Å². The summed E-state index contributed by atoms with van der Waals surface area (Å²) in [6, 6.07) is 8.74. The van der Waals surface area contributed by atoms with E-state index >= 15 is 0 Å². The van der Waals surface area contributed by atoms with Crippen LogP contribution in [0.15, 0.2) is 41.4 Å². The van der Waals surface area contributed by atoms with E-state index in [4.69, 9.17) is 9.47 Å². The SMILES string of the molecule is O=S(=O)(NCc1ccnc(N2CCOCC2)c1)c1ccc2c(c1)CCO2. The first-order valence-corrected chi connectivity index (χ1v) is 10.1. The summed E-state index contributed by atoms with van der Waals surface area (Å²) in [7, 11) is -3.58. The molecule has 4 rings (SSSR count). The number of nitrogens with zero attached hydrogens (tertiary/aromatic N) is 2. The first-order valence-electron chi connectivity index (χ1n) is 8.65. The molecule has 26 heavy (non-hydrogen) atoms. The summed E-state index contributed by atoms with van der Waals surface area (Å²) < 4.78 is 38.7. The number of morpholine rings is 1. The van der Waals surface area contributed by atoms with Crippen LogP contribution in [0.3, 0.4) is 0 Å². The zero-order valence-corrected chi connectivity index (χ0v) is 15.2. The van der Waals surface area contributed by atoms with Crippen molar-refractivity contribution in [2.75, 3.05) is 37.8 Å². The lowest BCUT2D eigenvalue weighted by Gasteiger charge is -2.28. The molecule has 7 nitrogen and oxygen atoms in total. The van der Waals surface area contributed by atoms with Gasteiger partial charge in [0.25, 0.3) is 0 Å². The molecule has 1 aromatic carbocycles. The highest BCUT2D eigenvalue weighted by Crippen LogP contribution is 2.27. The lowest BCUT2D eigenvalue weighted by molar-refractivity contribution is 0.122. The van der Waals surface area contributed by atoms with Gasteiger partial charge in [0.15, 0.2) is 0 Å². The van der Waals surface area contributed by atoms with E-state index in [9.17, 15) is 8.42 Å². The minimum absolute atomic E-state index is 0.218. The van der Waals surface area contributed by atoms with Gasteiger partial charge in [-0.3, -0.25) is 0 Å². The predicted molar refractivity (Wildman–Crippen MR) is 96.9 cm³/mol. The number of hydrogen-bond donors (Lipinski definition) is 1. The van der Waals surface area contributed by atoms with Crippen LogP contribution in [0.1, 0.15) is 11.1 Å². The van der Waals surface area contributed by atoms with Crippen LogP contribution in [0.5, 0.6) is 5.75 Å². The summed E-state index contributed by atoms with van der Waals surface area (Å²) in [6.07, 6.45) is 2.45. The zero-order valence-electron chi connectivity index (χ0n) is 14.3. The van der Waals surface area contributed by atoms with Crippen LogP contribution in [0.2, 0.25) is 0 Å². The molecule has 0 aliphatic carbocycles. The van der Waals surface area contributed by atoms with Crippen molar-refractivity contribution >= 4 is 15.8 Å². The fourth-order valence-corrected chi connectivity index (χ4v) is 4.20.